The van der Waals surface area contributed by atoms with Crippen LogP contribution in [0.25, 0.3) is 0 Å². The Labute approximate surface area is 124 Å². The van der Waals surface area contributed by atoms with E-state index >= 15 is 0 Å². The fraction of sp³-hybridized carbons (Fsp3) is 0.294. The second-order valence-electron chi connectivity index (χ2n) is 5.90. The van der Waals surface area contributed by atoms with Crippen molar-refractivity contribution in [1.82, 2.24) is 9.97 Å². The molecule has 2 heterocycles. The van der Waals surface area contributed by atoms with E-state index in [1.54, 1.807) is 6.20 Å². The number of fused-ring (bicyclic) bond motifs is 1. The number of Topliss-reactive ketones (excluding diaryl/α,β-unsaturated/α-hetero) is 1. The molecule has 0 atom stereocenters. The molecule has 4 heteroatoms. The zero-order valence-corrected chi connectivity index (χ0v) is 12.2. The number of carbonyl (C=O) groups excluding carboxylic acids is 1. The Morgan fingerprint density at radius 1 is 1.24 bits per heavy atom. The van der Waals surface area contributed by atoms with E-state index in [4.69, 9.17) is 4.99 Å². The van der Waals surface area contributed by atoms with Gasteiger partial charge in [0.1, 0.15) is 5.69 Å². The topological polar surface area (TPSA) is 55.2 Å². The maximum absolute atomic E-state index is 12.4. The Morgan fingerprint density at radius 3 is 2.81 bits per heavy atom. The van der Waals surface area contributed by atoms with Crippen molar-refractivity contribution in [3.8, 4) is 0 Å². The Balaban J connectivity index is 1.93. The number of carbonyl (C=O) groups is 1. The van der Waals surface area contributed by atoms with Gasteiger partial charge in [-0.25, -0.2) is 4.98 Å². The molecule has 1 aromatic heterocycles. The molecule has 21 heavy (non-hydrogen) atoms. The zero-order chi connectivity index (χ0) is 14.9. The molecule has 0 N–H and O–H groups in total. The minimum absolute atomic E-state index is 0.0469. The molecule has 2 aromatic rings. The lowest BCUT2D eigenvalue weighted by Crippen LogP contribution is -2.30. The SMILES string of the molecule is CC1(C)Cc2ccccc2C(CC(=O)c2cnccn2)=N1. The summed E-state index contributed by atoms with van der Waals surface area (Å²) in [7, 11) is 0. The fourth-order valence-electron chi connectivity index (χ4n) is 2.71. The molecule has 0 saturated carbocycles. The van der Waals surface area contributed by atoms with E-state index in [-0.39, 0.29) is 17.7 Å². The third kappa shape index (κ3) is 2.89. The summed E-state index contributed by atoms with van der Waals surface area (Å²) in [5.74, 6) is -0.0469. The molecule has 1 aliphatic rings. The van der Waals surface area contributed by atoms with Crippen LogP contribution in [0.4, 0.5) is 0 Å². The molecule has 0 radical (unpaired) electrons. The second kappa shape index (κ2) is 5.20. The first-order chi connectivity index (χ1) is 10.1. The number of nitrogens with zero attached hydrogens (tertiary/aromatic N) is 3. The summed E-state index contributed by atoms with van der Waals surface area (Å²) in [4.78, 5) is 25.1. The van der Waals surface area contributed by atoms with Gasteiger partial charge in [-0.15, -0.1) is 0 Å². The van der Waals surface area contributed by atoms with Crippen molar-refractivity contribution < 1.29 is 4.79 Å². The molecule has 0 aliphatic carbocycles. The van der Waals surface area contributed by atoms with E-state index in [1.165, 1.54) is 18.0 Å². The highest BCUT2D eigenvalue weighted by atomic mass is 16.1. The Kier molecular flexibility index (Phi) is 3.37. The van der Waals surface area contributed by atoms with Crippen molar-refractivity contribution in [1.29, 1.82) is 0 Å². The van der Waals surface area contributed by atoms with E-state index in [2.05, 4.69) is 29.9 Å². The average molecular weight is 279 g/mol. The molecule has 0 spiro atoms. The number of hydrogen-bond donors (Lipinski definition) is 0. The lowest BCUT2D eigenvalue weighted by molar-refractivity contribution is 0.0995. The first kappa shape index (κ1) is 13.6. The molecule has 4 nitrogen and oxygen atoms in total. The highest BCUT2D eigenvalue weighted by molar-refractivity contribution is 6.16. The standard InChI is InChI=1S/C17H17N3O/c1-17(2)10-12-5-3-4-6-13(12)14(20-17)9-16(21)15-11-18-7-8-19-15/h3-8,11H,9-10H2,1-2H3. The molecular weight excluding hydrogens is 262 g/mol. The van der Waals surface area contributed by atoms with Gasteiger partial charge in [-0.3, -0.25) is 14.8 Å². The van der Waals surface area contributed by atoms with Gasteiger partial charge in [0.15, 0.2) is 5.78 Å². The van der Waals surface area contributed by atoms with Crippen molar-refractivity contribution in [2.75, 3.05) is 0 Å². The molecule has 0 fully saturated rings. The summed E-state index contributed by atoms with van der Waals surface area (Å²) in [5, 5.41) is 0. The van der Waals surface area contributed by atoms with Gasteiger partial charge < -0.3 is 0 Å². The van der Waals surface area contributed by atoms with Crippen molar-refractivity contribution in [2.45, 2.75) is 32.2 Å². The third-order valence-electron chi connectivity index (χ3n) is 3.57. The van der Waals surface area contributed by atoms with Gasteiger partial charge in [0.05, 0.1) is 23.9 Å². The maximum atomic E-state index is 12.4. The number of ketones is 1. The van der Waals surface area contributed by atoms with Crippen LogP contribution in [0.5, 0.6) is 0 Å². The van der Waals surface area contributed by atoms with Crippen LogP contribution in [0.15, 0.2) is 47.8 Å². The smallest absolute Gasteiger partial charge is 0.188 e. The zero-order valence-electron chi connectivity index (χ0n) is 12.2. The van der Waals surface area contributed by atoms with Crippen molar-refractivity contribution in [2.24, 2.45) is 4.99 Å². The van der Waals surface area contributed by atoms with Crippen LogP contribution in [0.3, 0.4) is 0 Å². The molecule has 1 aliphatic heterocycles. The number of aliphatic imine (C=N–C) groups is 1. The summed E-state index contributed by atoms with van der Waals surface area (Å²) < 4.78 is 0. The van der Waals surface area contributed by atoms with E-state index < -0.39 is 0 Å². The monoisotopic (exact) mass is 279 g/mol. The predicted octanol–water partition coefficient (Wildman–Crippen LogP) is 2.87. The van der Waals surface area contributed by atoms with Gasteiger partial charge >= 0.3 is 0 Å². The van der Waals surface area contributed by atoms with Crippen LogP contribution in [-0.4, -0.2) is 27.0 Å². The molecule has 3 rings (SSSR count). The van der Waals surface area contributed by atoms with Crippen LogP contribution in [0.2, 0.25) is 0 Å². The summed E-state index contributed by atoms with van der Waals surface area (Å²) in [6.45, 7) is 4.19. The number of hydrogen-bond acceptors (Lipinski definition) is 4. The van der Waals surface area contributed by atoms with Crippen LogP contribution in [0.1, 0.15) is 41.9 Å². The quantitative estimate of drug-likeness (QED) is 0.812. The van der Waals surface area contributed by atoms with Gasteiger partial charge in [-0.1, -0.05) is 24.3 Å². The summed E-state index contributed by atoms with van der Waals surface area (Å²) in [6, 6.07) is 8.16. The molecule has 0 saturated heterocycles. The lowest BCUT2D eigenvalue weighted by Gasteiger charge is -2.28. The van der Waals surface area contributed by atoms with Gasteiger partial charge in [-0.05, 0) is 31.4 Å². The highest BCUT2D eigenvalue weighted by Gasteiger charge is 2.27. The Hall–Kier alpha value is -2.36. The first-order valence-corrected chi connectivity index (χ1v) is 7.01. The summed E-state index contributed by atoms with van der Waals surface area (Å²) >= 11 is 0. The molecule has 1 aromatic carbocycles. The summed E-state index contributed by atoms with van der Waals surface area (Å²) in [5.41, 5.74) is 3.39. The van der Waals surface area contributed by atoms with Gasteiger partial charge in [0.25, 0.3) is 0 Å². The molecule has 0 amide bonds. The number of aromatic nitrogens is 2. The van der Waals surface area contributed by atoms with E-state index in [0.29, 0.717) is 5.69 Å². The largest absolute Gasteiger partial charge is 0.292 e. The van der Waals surface area contributed by atoms with E-state index in [1.807, 2.05) is 18.2 Å². The van der Waals surface area contributed by atoms with Crippen molar-refractivity contribution in [3.63, 3.8) is 0 Å². The van der Waals surface area contributed by atoms with Crippen LogP contribution in [-0.2, 0) is 6.42 Å². The predicted molar refractivity (Wildman–Crippen MR) is 81.7 cm³/mol. The molecule has 0 unspecified atom stereocenters. The minimum Gasteiger partial charge on any atom is -0.292 e. The van der Waals surface area contributed by atoms with Gasteiger partial charge in [0, 0.05) is 12.4 Å². The van der Waals surface area contributed by atoms with Gasteiger partial charge in [0.2, 0.25) is 0 Å². The van der Waals surface area contributed by atoms with Crippen LogP contribution in [0, 0.1) is 0 Å². The molecule has 0 bridgehead atoms. The second-order valence-corrected chi connectivity index (χ2v) is 5.90. The van der Waals surface area contributed by atoms with Crippen molar-refractivity contribution in [3.05, 3.63) is 59.7 Å². The first-order valence-electron chi connectivity index (χ1n) is 7.01. The Bertz CT molecular complexity index is 705. The summed E-state index contributed by atoms with van der Waals surface area (Å²) in [6.07, 6.45) is 5.76. The number of rotatable bonds is 3. The van der Waals surface area contributed by atoms with E-state index in [9.17, 15) is 4.79 Å². The van der Waals surface area contributed by atoms with E-state index in [0.717, 1.165) is 17.7 Å². The fourth-order valence-corrected chi connectivity index (χ4v) is 2.71. The third-order valence-corrected chi connectivity index (χ3v) is 3.57. The Morgan fingerprint density at radius 2 is 2.05 bits per heavy atom. The normalized spacial score (nSPS) is 16.0. The molecule has 106 valence electrons. The van der Waals surface area contributed by atoms with Gasteiger partial charge in [-0.2, -0.15) is 0 Å². The van der Waals surface area contributed by atoms with Crippen molar-refractivity contribution >= 4 is 11.5 Å². The highest BCUT2D eigenvalue weighted by Crippen LogP contribution is 2.28. The maximum Gasteiger partial charge on any atom is 0.188 e. The van der Waals surface area contributed by atoms with Crippen LogP contribution >= 0.6 is 0 Å². The van der Waals surface area contributed by atoms with Crippen LogP contribution < -0.4 is 0 Å². The minimum atomic E-state index is -0.174. The molecular formula is C17H17N3O. The lowest BCUT2D eigenvalue weighted by atomic mass is 9.85. The number of benzene rings is 1. The average Bonchev–Trinajstić information content (AvgIpc) is 2.47.